The minimum absolute atomic E-state index is 0.0666. The number of hydrogen-bond acceptors (Lipinski definition) is 7. The van der Waals surface area contributed by atoms with Crippen LogP contribution < -0.4 is 5.73 Å². The SMILES string of the molecule is Cc1ccc(S(=O)(=O)OCCC[C@H](c2ccccc2)[C@H](N)C(=O)N2C(=O)OC[C@@H]2Cc2ccccc2)cc1. The highest BCUT2D eigenvalue weighted by molar-refractivity contribution is 7.86. The number of amides is 2. The van der Waals surface area contributed by atoms with Crippen LogP contribution in [0, 0.1) is 6.92 Å². The number of cyclic esters (lactones) is 1. The van der Waals surface area contributed by atoms with Gasteiger partial charge in [-0.3, -0.25) is 8.98 Å². The van der Waals surface area contributed by atoms with Gasteiger partial charge in [0.15, 0.2) is 0 Å². The standard InChI is InChI=1S/C29H32N2O6S/c1-21-14-16-25(17-15-21)38(34,35)37-18-8-13-26(23-11-6-3-7-12-23)27(30)28(32)31-24(20-36-29(31)33)19-22-9-4-2-5-10-22/h2-7,9-12,14-17,24,26-27H,8,13,18-20,30H2,1H3/t24-,26+,27-/m0/s1. The third-order valence-electron chi connectivity index (χ3n) is 6.67. The maximum atomic E-state index is 13.5. The summed E-state index contributed by atoms with van der Waals surface area (Å²) in [6.45, 7) is 1.91. The van der Waals surface area contributed by atoms with Crippen LogP contribution in [0.25, 0.3) is 0 Å². The molecule has 4 rings (SSSR count). The van der Waals surface area contributed by atoms with Crippen molar-refractivity contribution in [3.05, 3.63) is 102 Å². The topological polar surface area (TPSA) is 116 Å². The molecular formula is C29H32N2O6S. The summed E-state index contributed by atoms with van der Waals surface area (Å²) in [6.07, 6.45) is 0.479. The average molecular weight is 537 g/mol. The van der Waals surface area contributed by atoms with Gasteiger partial charge >= 0.3 is 6.09 Å². The van der Waals surface area contributed by atoms with E-state index in [0.717, 1.165) is 21.6 Å². The molecule has 1 aliphatic rings. The molecule has 1 saturated heterocycles. The van der Waals surface area contributed by atoms with E-state index < -0.39 is 40.1 Å². The van der Waals surface area contributed by atoms with Gasteiger partial charge in [0.1, 0.15) is 6.61 Å². The number of ether oxygens (including phenoxy) is 1. The second-order valence-electron chi connectivity index (χ2n) is 9.40. The van der Waals surface area contributed by atoms with Gasteiger partial charge in [-0.2, -0.15) is 8.42 Å². The Kier molecular flexibility index (Phi) is 8.93. The molecule has 3 aromatic carbocycles. The first kappa shape index (κ1) is 27.5. The highest BCUT2D eigenvalue weighted by Gasteiger charge is 2.42. The minimum atomic E-state index is -3.90. The van der Waals surface area contributed by atoms with Crippen LogP contribution in [0.2, 0.25) is 0 Å². The van der Waals surface area contributed by atoms with Crippen molar-refractivity contribution < 1.29 is 26.9 Å². The summed E-state index contributed by atoms with van der Waals surface area (Å²) in [5.74, 6) is -0.976. The summed E-state index contributed by atoms with van der Waals surface area (Å²) in [5.41, 5.74) is 9.25. The lowest BCUT2D eigenvalue weighted by Crippen LogP contribution is -2.51. The number of benzene rings is 3. The van der Waals surface area contributed by atoms with Crippen molar-refractivity contribution in [2.45, 2.75) is 49.1 Å². The highest BCUT2D eigenvalue weighted by atomic mass is 32.2. The van der Waals surface area contributed by atoms with Crippen LogP contribution >= 0.6 is 0 Å². The van der Waals surface area contributed by atoms with E-state index in [1.54, 1.807) is 12.1 Å². The Morgan fingerprint density at radius 1 is 1.03 bits per heavy atom. The predicted molar refractivity (Wildman–Crippen MR) is 143 cm³/mol. The number of carbonyl (C=O) groups excluding carboxylic acids is 2. The largest absolute Gasteiger partial charge is 0.447 e. The molecule has 1 heterocycles. The zero-order valence-corrected chi connectivity index (χ0v) is 22.0. The normalized spacial score (nSPS) is 17.2. The Hall–Kier alpha value is -3.53. The maximum Gasteiger partial charge on any atom is 0.417 e. The Labute approximate surface area is 223 Å². The van der Waals surface area contributed by atoms with E-state index in [4.69, 9.17) is 14.7 Å². The quantitative estimate of drug-likeness (QED) is 0.289. The van der Waals surface area contributed by atoms with Gasteiger partial charge < -0.3 is 10.5 Å². The Bertz CT molecular complexity index is 1330. The first-order chi connectivity index (χ1) is 18.3. The molecule has 0 unspecified atom stereocenters. The smallest absolute Gasteiger partial charge is 0.417 e. The van der Waals surface area contributed by atoms with E-state index in [9.17, 15) is 18.0 Å². The fourth-order valence-electron chi connectivity index (χ4n) is 4.60. The highest BCUT2D eigenvalue weighted by Crippen LogP contribution is 2.28. The molecule has 0 spiro atoms. The van der Waals surface area contributed by atoms with Crippen molar-refractivity contribution in [3.63, 3.8) is 0 Å². The van der Waals surface area contributed by atoms with Crippen LogP contribution in [0.4, 0.5) is 4.79 Å². The summed E-state index contributed by atoms with van der Waals surface area (Å²) in [7, 11) is -3.90. The third kappa shape index (κ3) is 6.66. The van der Waals surface area contributed by atoms with Gasteiger partial charge in [0.05, 0.1) is 23.6 Å². The number of imide groups is 1. The maximum absolute atomic E-state index is 13.5. The monoisotopic (exact) mass is 536 g/mol. The fourth-order valence-corrected chi connectivity index (χ4v) is 5.54. The summed E-state index contributed by atoms with van der Waals surface area (Å²) < 4.78 is 35.5. The molecule has 3 atom stereocenters. The molecule has 1 aliphatic heterocycles. The van der Waals surface area contributed by atoms with Crippen molar-refractivity contribution in [2.24, 2.45) is 5.73 Å². The molecule has 0 aliphatic carbocycles. The minimum Gasteiger partial charge on any atom is -0.447 e. The summed E-state index contributed by atoms with van der Waals surface area (Å²) in [6, 6.07) is 23.8. The van der Waals surface area contributed by atoms with Crippen LogP contribution in [0.3, 0.4) is 0 Å². The van der Waals surface area contributed by atoms with Crippen LogP contribution in [-0.2, 0) is 30.3 Å². The van der Waals surface area contributed by atoms with E-state index in [2.05, 4.69) is 0 Å². The fraction of sp³-hybridized carbons (Fsp3) is 0.310. The number of nitrogens with two attached hydrogens (primary N) is 1. The van der Waals surface area contributed by atoms with E-state index in [0.29, 0.717) is 19.3 Å². The van der Waals surface area contributed by atoms with Gasteiger partial charge in [0.2, 0.25) is 5.91 Å². The molecule has 3 aromatic rings. The molecule has 2 N–H and O–H groups in total. The van der Waals surface area contributed by atoms with E-state index in [1.165, 1.54) is 12.1 Å². The van der Waals surface area contributed by atoms with Gasteiger partial charge in [-0.05, 0) is 49.4 Å². The van der Waals surface area contributed by atoms with Crippen molar-refractivity contribution in [3.8, 4) is 0 Å². The molecule has 8 nitrogen and oxygen atoms in total. The number of hydrogen-bond donors (Lipinski definition) is 1. The number of nitrogens with zero attached hydrogens (tertiary/aromatic N) is 1. The second kappa shape index (κ2) is 12.3. The summed E-state index contributed by atoms with van der Waals surface area (Å²) in [4.78, 5) is 27.3. The molecular weight excluding hydrogens is 504 g/mol. The molecule has 2 amide bonds. The number of rotatable bonds is 11. The molecule has 0 bridgehead atoms. The zero-order valence-electron chi connectivity index (χ0n) is 21.2. The summed E-state index contributed by atoms with van der Waals surface area (Å²) in [5, 5.41) is 0. The number of aryl methyl sites for hydroxylation is 1. The van der Waals surface area contributed by atoms with E-state index in [-0.39, 0.29) is 18.1 Å². The van der Waals surface area contributed by atoms with Crippen molar-refractivity contribution in [2.75, 3.05) is 13.2 Å². The Morgan fingerprint density at radius 3 is 2.32 bits per heavy atom. The van der Waals surface area contributed by atoms with Crippen molar-refractivity contribution in [1.29, 1.82) is 0 Å². The first-order valence-electron chi connectivity index (χ1n) is 12.6. The van der Waals surface area contributed by atoms with Crippen molar-refractivity contribution in [1.82, 2.24) is 4.90 Å². The molecule has 38 heavy (non-hydrogen) atoms. The van der Waals surface area contributed by atoms with Gasteiger partial charge in [-0.15, -0.1) is 0 Å². The predicted octanol–water partition coefficient (Wildman–Crippen LogP) is 4.18. The molecule has 200 valence electrons. The third-order valence-corrected chi connectivity index (χ3v) is 7.99. The Morgan fingerprint density at radius 2 is 1.66 bits per heavy atom. The lowest BCUT2D eigenvalue weighted by Gasteiger charge is -2.28. The van der Waals surface area contributed by atoms with Gasteiger partial charge in [-0.25, -0.2) is 9.69 Å². The zero-order chi connectivity index (χ0) is 27.1. The van der Waals surface area contributed by atoms with Gasteiger partial charge in [0, 0.05) is 5.92 Å². The lowest BCUT2D eigenvalue weighted by atomic mass is 9.87. The molecule has 0 aromatic heterocycles. The molecule has 1 fully saturated rings. The Balaban J connectivity index is 1.44. The van der Waals surface area contributed by atoms with E-state index in [1.807, 2.05) is 67.6 Å². The van der Waals surface area contributed by atoms with Crippen LogP contribution in [0.1, 0.15) is 35.4 Å². The number of carbonyl (C=O) groups is 2. The van der Waals surface area contributed by atoms with Gasteiger partial charge in [-0.1, -0.05) is 78.4 Å². The van der Waals surface area contributed by atoms with Gasteiger partial charge in [0.25, 0.3) is 10.1 Å². The molecule has 0 radical (unpaired) electrons. The molecule has 0 saturated carbocycles. The van der Waals surface area contributed by atoms with Crippen LogP contribution in [0.5, 0.6) is 0 Å². The average Bonchev–Trinajstić information content (AvgIpc) is 3.28. The first-order valence-corrected chi connectivity index (χ1v) is 14.0. The molecule has 9 heteroatoms. The van der Waals surface area contributed by atoms with Crippen LogP contribution in [-0.4, -0.2) is 50.6 Å². The van der Waals surface area contributed by atoms with Crippen LogP contribution in [0.15, 0.2) is 89.8 Å². The van der Waals surface area contributed by atoms with E-state index >= 15 is 0 Å². The summed E-state index contributed by atoms with van der Waals surface area (Å²) >= 11 is 0. The van der Waals surface area contributed by atoms with Crippen molar-refractivity contribution >= 4 is 22.1 Å². The lowest BCUT2D eigenvalue weighted by molar-refractivity contribution is -0.131. The second-order valence-corrected chi connectivity index (χ2v) is 11.0.